The molecule has 0 aromatic carbocycles. The third-order valence-corrected chi connectivity index (χ3v) is 4.68. The Balaban J connectivity index is 1.77. The first-order valence-electron chi connectivity index (χ1n) is 8.34. The van der Waals surface area contributed by atoms with Gasteiger partial charge in [-0.1, -0.05) is 13.0 Å². The zero-order valence-corrected chi connectivity index (χ0v) is 13.3. The van der Waals surface area contributed by atoms with Crippen LogP contribution in [0.1, 0.15) is 43.5 Å². The van der Waals surface area contributed by atoms with Crippen molar-refractivity contribution in [1.29, 1.82) is 0 Å². The van der Waals surface area contributed by atoms with Crippen LogP contribution in [-0.2, 0) is 4.74 Å². The zero-order chi connectivity index (χ0) is 14.7. The number of nitrogens with zero attached hydrogens (tertiary/aromatic N) is 3. The molecular weight excluding hydrogens is 262 g/mol. The van der Waals surface area contributed by atoms with E-state index in [-0.39, 0.29) is 0 Å². The minimum Gasteiger partial charge on any atom is -0.378 e. The van der Waals surface area contributed by atoms with E-state index in [0.29, 0.717) is 6.04 Å². The maximum absolute atomic E-state index is 5.42. The summed E-state index contributed by atoms with van der Waals surface area (Å²) < 4.78 is 5.42. The molecule has 2 aliphatic heterocycles. The Kier molecular flexibility index (Phi) is 4.76. The van der Waals surface area contributed by atoms with Gasteiger partial charge in [0.05, 0.1) is 13.2 Å². The Morgan fingerprint density at radius 3 is 2.76 bits per heavy atom. The van der Waals surface area contributed by atoms with Gasteiger partial charge in [0.25, 0.3) is 0 Å². The highest BCUT2D eigenvalue weighted by molar-refractivity contribution is 5.43. The fraction of sp³-hybridized carbons (Fsp3) is 0.706. The van der Waals surface area contributed by atoms with Crippen LogP contribution in [0.25, 0.3) is 0 Å². The van der Waals surface area contributed by atoms with Gasteiger partial charge in [-0.25, -0.2) is 4.98 Å². The van der Waals surface area contributed by atoms with E-state index < -0.39 is 0 Å². The minimum atomic E-state index is 0.580. The molecule has 0 amide bonds. The Labute approximate surface area is 128 Å². The van der Waals surface area contributed by atoms with Gasteiger partial charge >= 0.3 is 0 Å². The Morgan fingerprint density at radius 2 is 2.05 bits per heavy atom. The summed E-state index contributed by atoms with van der Waals surface area (Å²) in [6.45, 7) is 10.4. The lowest BCUT2D eigenvalue weighted by Gasteiger charge is -2.29. The number of rotatable bonds is 4. The lowest BCUT2D eigenvalue weighted by Crippen LogP contribution is -2.37. The number of hydrogen-bond acceptors (Lipinski definition) is 4. The van der Waals surface area contributed by atoms with E-state index in [1.54, 1.807) is 0 Å². The molecule has 0 bridgehead atoms. The Morgan fingerprint density at radius 1 is 1.24 bits per heavy atom. The second-order valence-corrected chi connectivity index (χ2v) is 6.14. The first-order chi connectivity index (χ1) is 10.3. The highest BCUT2D eigenvalue weighted by Gasteiger charge is 2.27. The average molecular weight is 289 g/mol. The molecule has 2 aliphatic rings. The molecule has 0 radical (unpaired) electrons. The second-order valence-electron chi connectivity index (χ2n) is 6.14. The molecule has 1 aromatic rings. The predicted molar refractivity (Wildman–Crippen MR) is 85.8 cm³/mol. The van der Waals surface area contributed by atoms with Gasteiger partial charge in [-0.15, -0.1) is 0 Å². The van der Waals surface area contributed by atoms with E-state index >= 15 is 0 Å². The van der Waals surface area contributed by atoms with Crippen molar-refractivity contribution in [3.8, 4) is 0 Å². The highest BCUT2D eigenvalue weighted by atomic mass is 16.5. The molecule has 2 fully saturated rings. The van der Waals surface area contributed by atoms with E-state index in [1.165, 1.54) is 43.6 Å². The molecule has 4 heteroatoms. The van der Waals surface area contributed by atoms with Crippen molar-refractivity contribution < 1.29 is 4.74 Å². The molecule has 0 saturated carbocycles. The van der Waals surface area contributed by atoms with Gasteiger partial charge in [-0.3, -0.25) is 4.90 Å². The molecule has 2 saturated heterocycles. The lowest BCUT2D eigenvalue weighted by molar-refractivity contribution is 0.122. The van der Waals surface area contributed by atoms with Crippen molar-refractivity contribution in [3.05, 3.63) is 23.4 Å². The largest absolute Gasteiger partial charge is 0.378 e. The SMILES string of the molecule is CCCN1CCCC1c1ccc(N2CCOCC2)nc1C. The third-order valence-electron chi connectivity index (χ3n) is 4.68. The topological polar surface area (TPSA) is 28.6 Å². The molecule has 1 atom stereocenters. The smallest absolute Gasteiger partial charge is 0.128 e. The van der Waals surface area contributed by atoms with Crippen LogP contribution in [0.2, 0.25) is 0 Å². The van der Waals surface area contributed by atoms with Gasteiger partial charge in [0, 0.05) is 24.8 Å². The number of anilines is 1. The minimum absolute atomic E-state index is 0.580. The average Bonchev–Trinajstić information content (AvgIpc) is 2.96. The molecule has 0 aliphatic carbocycles. The first kappa shape index (κ1) is 14.8. The number of aryl methyl sites for hydroxylation is 1. The summed E-state index contributed by atoms with van der Waals surface area (Å²) in [5.74, 6) is 1.11. The maximum Gasteiger partial charge on any atom is 0.128 e. The van der Waals surface area contributed by atoms with Crippen molar-refractivity contribution in [2.45, 2.75) is 39.2 Å². The maximum atomic E-state index is 5.42. The molecule has 0 N–H and O–H groups in total. The van der Waals surface area contributed by atoms with Crippen LogP contribution in [0.15, 0.2) is 12.1 Å². The normalized spacial score (nSPS) is 23.7. The quantitative estimate of drug-likeness (QED) is 0.852. The highest BCUT2D eigenvalue weighted by Crippen LogP contribution is 2.34. The van der Waals surface area contributed by atoms with Crippen molar-refractivity contribution >= 4 is 5.82 Å². The van der Waals surface area contributed by atoms with Gasteiger partial charge in [0.2, 0.25) is 0 Å². The molecule has 3 heterocycles. The molecule has 21 heavy (non-hydrogen) atoms. The summed E-state index contributed by atoms with van der Waals surface area (Å²) in [7, 11) is 0. The molecule has 1 aromatic heterocycles. The third kappa shape index (κ3) is 3.22. The molecular formula is C17H27N3O. The Bertz CT molecular complexity index is 471. The monoisotopic (exact) mass is 289 g/mol. The van der Waals surface area contributed by atoms with Crippen molar-refractivity contribution in [2.75, 3.05) is 44.3 Å². The van der Waals surface area contributed by atoms with Crippen LogP contribution in [0.4, 0.5) is 5.82 Å². The Hall–Kier alpha value is -1.13. The summed E-state index contributed by atoms with van der Waals surface area (Å²) in [6.07, 6.45) is 3.82. The van der Waals surface area contributed by atoms with E-state index in [1.807, 2.05) is 0 Å². The van der Waals surface area contributed by atoms with E-state index in [0.717, 1.165) is 32.1 Å². The van der Waals surface area contributed by atoms with Crippen LogP contribution >= 0.6 is 0 Å². The molecule has 116 valence electrons. The molecule has 4 nitrogen and oxygen atoms in total. The fourth-order valence-corrected chi connectivity index (χ4v) is 3.61. The van der Waals surface area contributed by atoms with Gasteiger partial charge < -0.3 is 9.64 Å². The van der Waals surface area contributed by atoms with Crippen LogP contribution in [0, 0.1) is 6.92 Å². The number of ether oxygens (including phenoxy) is 1. The van der Waals surface area contributed by atoms with E-state index in [9.17, 15) is 0 Å². The lowest BCUT2D eigenvalue weighted by atomic mass is 10.0. The van der Waals surface area contributed by atoms with Crippen LogP contribution < -0.4 is 4.90 Å². The van der Waals surface area contributed by atoms with Crippen molar-refractivity contribution in [2.24, 2.45) is 0 Å². The summed E-state index contributed by atoms with van der Waals surface area (Å²) >= 11 is 0. The zero-order valence-electron chi connectivity index (χ0n) is 13.3. The van der Waals surface area contributed by atoms with Crippen molar-refractivity contribution in [3.63, 3.8) is 0 Å². The number of aromatic nitrogens is 1. The van der Waals surface area contributed by atoms with E-state index in [4.69, 9.17) is 9.72 Å². The van der Waals surface area contributed by atoms with Gasteiger partial charge in [0.1, 0.15) is 5.82 Å². The van der Waals surface area contributed by atoms with Gasteiger partial charge in [-0.2, -0.15) is 0 Å². The summed E-state index contributed by atoms with van der Waals surface area (Å²) in [4.78, 5) is 9.84. The number of morpholine rings is 1. The summed E-state index contributed by atoms with van der Waals surface area (Å²) in [5.41, 5.74) is 2.63. The first-order valence-corrected chi connectivity index (χ1v) is 8.34. The van der Waals surface area contributed by atoms with E-state index in [2.05, 4.69) is 35.8 Å². The number of likely N-dealkylation sites (tertiary alicyclic amines) is 1. The molecule has 0 spiro atoms. The second kappa shape index (κ2) is 6.75. The summed E-state index contributed by atoms with van der Waals surface area (Å²) in [5, 5.41) is 0. The number of pyridine rings is 1. The standard InChI is InChI=1S/C17H27N3O/c1-3-8-19-9-4-5-16(19)15-6-7-17(18-14(15)2)20-10-12-21-13-11-20/h6-7,16H,3-5,8-13H2,1-2H3. The van der Waals surface area contributed by atoms with Crippen LogP contribution in [-0.4, -0.2) is 49.3 Å². The molecule has 1 unspecified atom stereocenters. The van der Waals surface area contributed by atoms with Crippen LogP contribution in [0.5, 0.6) is 0 Å². The van der Waals surface area contributed by atoms with Gasteiger partial charge in [-0.05, 0) is 50.9 Å². The summed E-state index contributed by atoms with van der Waals surface area (Å²) in [6, 6.07) is 5.10. The predicted octanol–water partition coefficient (Wildman–Crippen LogP) is 2.77. The number of hydrogen-bond donors (Lipinski definition) is 0. The van der Waals surface area contributed by atoms with Crippen molar-refractivity contribution in [1.82, 2.24) is 9.88 Å². The van der Waals surface area contributed by atoms with Crippen LogP contribution in [0.3, 0.4) is 0 Å². The van der Waals surface area contributed by atoms with Gasteiger partial charge in [0.15, 0.2) is 0 Å². The fourth-order valence-electron chi connectivity index (χ4n) is 3.61. The molecule has 3 rings (SSSR count).